The van der Waals surface area contributed by atoms with Gasteiger partial charge in [0.15, 0.2) is 6.20 Å². The summed E-state index contributed by atoms with van der Waals surface area (Å²) in [4.78, 5) is 10.6. The van der Waals surface area contributed by atoms with E-state index in [1.54, 1.807) is 12.1 Å². The molecular formula is C16H13N3O3. The lowest BCUT2D eigenvalue weighted by atomic mass is 10.1. The van der Waals surface area contributed by atoms with Crippen molar-refractivity contribution in [2.24, 2.45) is 0 Å². The molecule has 0 aliphatic carbocycles. The Hall–Kier alpha value is -3.15. The number of nitrogens with one attached hydrogen (secondary N) is 1. The van der Waals surface area contributed by atoms with Crippen LogP contribution in [0, 0.1) is 22.2 Å². The van der Waals surface area contributed by atoms with Crippen molar-refractivity contribution in [1.29, 1.82) is 0 Å². The maximum atomic E-state index is 12.1. The molecule has 0 unspecified atom stereocenters. The van der Waals surface area contributed by atoms with Crippen LogP contribution in [0.2, 0.25) is 0 Å². The van der Waals surface area contributed by atoms with Crippen LogP contribution in [0.3, 0.4) is 0 Å². The monoisotopic (exact) mass is 295 g/mol. The summed E-state index contributed by atoms with van der Waals surface area (Å²) in [5, 5.41) is 26.6. The molecule has 0 radical (unpaired) electrons. The highest BCUT2D eigenvalue weighted by Gasteiger charge is 2.20. The highest BCUT2D eigenvalue weighted by atomic mass is 16.6. The molecule has 0 aliphatic rings. The van der Waals surface area contributed by atoms with Crippen molar-refractivity contribution in [3.8, 4) is 0 Å². The van der Waals surface area contributed by atoms with E-state index in [1.807, 2.05) is 31.2 Å². The van der Waals surface area contributed by atoms with Gasteiger partial charge in [0.25, 0.3) is 11.2 Å². The van der Waals surface area contributed by atoms with Crippen LogP contribution in [0.25, 0.3) is 10.9 Å². The molecule has 3 rings (SSSR count). The molecule has 2 aromatic carbocycles. The molecule has 1 aromatic heterocycles. The summed E-state index contributed by atoms with van der Waals surface area (Å²) < 4.78 is 0.638. The van der Waals surface area contributed by atoms with Crippen molar-refractivity contribution < 1.29 is 9.65 Å². The summed E-state index contributed by atoms with van der Waals surface area (Å²) >= 11 is 0. The van der Waals surface area contributed by atoms with E-state index in [0.29, 0.717) is 15.8 Å². The van der Waals surface area contributed by atoms with Crippen molar-refractivity contribution in [1.82, 2.24) is 0 Å². The number of pyridine rings is 1. The molecule has 6 heteroatoms. The number of rotatable bonds is 3. The molecular weight excluding hydrogens is 282 g/mol. The Labute approximate surface area is 126 Å². The van der Waals surface area contributed by atoms with Gasteiger partial charge >= 0.3 is 0 Å². The van der Waals surface area contributed by atoms with E-state index in [9.17, 15) is 15.3 Å². The first-order valence-electron chi connectivity index (χ1n) is 6.69. The van der Waals surface area contributed by atoms with Crippen LogP contribution in [-0.2, 0) is 0 Å². The first-order valence-corrected chi connectivity index (χ1v) is 6.69. The predicted molar refractivity (Wildman–Crippen MR) is 84.0 cm³/mol. The second kappa shape index (κ2) is 5.33. The van der Waals surface area contributed by atoms with Crippen LogP contribution in [0.15, 0.2) is 54.7 Å². The summed E-state index contributed by atoms with van der Waals surface area (Å²) in [6, 6.07) is 13.7. The second-order valence-electron chi connectivity index (χ2n) is 4.98. The third kappa shape index (κ3) is 2.42. The van der Waals surface area contributed by atoms with E-state index in [2.05, 4.69) is 5.32 Å². The lowest BCUT2D eigenvalue weighted by Crippen LogP contribution is -2.26. The fraction of sp³-hybridized carbons (Fsp3) is 0.0625. The van der Waals surface area contributed by atoms with Gasteiger partial charge in [0, 0.05) is 17.8 Å². The predicted octanol–water partition coefficient (Wildman–Crippen LogP) is 3.43. The van der Waals surface area contributed by atoms with E-state index in [-0.39, 0.29) is 11.2 Å². The maximum Gasteiger partial charge on any atom is 0.283 e. The number of hydrogen-bond acceptors (Lipinski definition) is 4. The Morgan fingerprint density at radius 1 is 1.09 bits per heavy atom. The van der Waals surface area contributed by atoms with Crippen molar-refractivity contribution in [2.45, 2.75) is 6.92 Å². The van der Waals surface area contributed by atoms with Crippen LogP contribution in [-0.4, -0.2) is 4.92 Å². The third-order valence-corrected chi connectivity index (χ3v) is 3.43. The minimum atomic E-state index is -0.488. The van der Waals surface area contributed by atoms with Gasteiger partial charge in [-0.25, -0.2) is 0 Å². The molecule has 0 spiro atoms. The summed E-state index contributed by atoms with van der Waals surface area (Å²) in [6.45, 7) is 1.98. The maximum absolute atomic E-state index is 12.1. The number of benzene rings is 2. The molecule has 0 aliphatic heterocycles. The number of hydrogen-bond donors (Lipinski definition) is 1. The van der Waals surface area contributed by atoms with Gasteiger partial charge in [0.1, 0.15) is 11.1 Å². The fourth-order valence-electron chi connectivity index (χ4n) is 2.34. The number of nitro groups is 1. The number of fused-ring (bicyclic) bond motifs is 1. The van der Waals surface area contributed by atoms with E-state index in [4.69, 9.17) is 0 Å². The number of anilines is 2. The van der Waals surface area contributed by atoms with Gasteiger partial charge < -0.3 is 10.5 Å². The van der Waals surface area contributed by atoms with E-state index in [1.165, 1.54) is 18.3 Å². The fourth-order valence-corrected chi connectivity index (χ4v) is 2.34. The highest BCUT2D eigenvalue weighted by Crippen LogP contribution is 2.30. The number of aryl methyl sites for hydroxylation is 1. The summed E-state index contributed by atoms with van der Waals surface area (Å²) in [5.41, 5.74) is 2.62. The van der Waals surface area contributed by atoms with Gasteiger partial charge in [-0.05, 0) is 31.2 Å². The first kappa shape index (κ1) is 13.8. The van der Waals surface area contributed by atoms with Gasteiger partial charge in [-0.15, -0.1) is 0 Å². The molecule has 0 saturated carbocycles. The highest BCUT2D eigenvalue weighted by molar-refractivity contribution is 5.95. The molecule has 1 N–H and O–H groups in total. The molecule has 22 heavy (non-hydrogen) atoms. The molecule has 0 bridgehead atoms. The average Bonchev–Trinajstić information content (AvgIpc) is 2.49. The quantitative estimate of drug-likeness (QED) is 0.347. The lowest BCUT2D eigenvalue weighted by molar-refractivity contribution is -0.576. The Morgan fingerprint density at radius 2 is 1.82 bits per heavy atom. The van der Waals surface area contributed by atoms with Crippen LogP contribution in [0.4, 0.5) is 17.1 Å². The Morgan fingerprint density at radius 3 is 2.50 bits per heavy atom. The van der Waals surface area contributed by atoms with E-state index in [0.717, 1.165) is 11.3 Å². The molecule has 6 nitrogen and oxygen atoms in total. The van der Waals surface area contributed by atoms with Crippen molar-refractivity contribution >= 4 is 28.0 Å². The summed E-state index contributed by atoms with van der Waals surface area (Å²) in [6.07, 6.45) is 1.33. The van der Waals surface area contributed by atoms with Gasteiger partial charge in [-0.2, -0.15) is 4.73 Å². The topological polar surface area (TPSA) is 82.1 Å². The number of nitro benzene ring substituents is 1. The summed E-state index contributed by atoms with van der Waals surface area (Å²) in [7, 11) is 0. The van der Waals surface area contributed by atoms with E-state index >= 15 is 0 Å². The lowest BCUT2D eigenvalue weighted by Gasteiger charge is -2.10. The molecule has 0 atom stereocenters. The average molecular weight is 295 g/mol. The first-order chi connectivity index (χ1) is 10.6. The van der Waals surface area contributed by atoms with Crippen molar-refractivity contribution in [2.75, 3.05) is 5.32 Å². The Kier molecular flexibility index (Phi) is 3.34. The normalized spacial score (nSPS) is 10.6. The van der Waals surface area contributed by atoms with Crippen LogP contribution in [0.5, 0.6) is 0 Å². The summed E-state index contributed by atoms with van der Waals surface area (Å²) in [5.74, 6) is 0. The van der Waals surface area contributed by atoms with Gasteiger partial charge in [-0.3, -0.25) is 10.1 Å². The molecule has 3 aromatic rings. The number of nitrogens with zero attached hydrogens (tertiary/aromatic N) is 2. The zero-order valence-corrected chi connectivity index (χ0v) is 11.8. The SMILES string of the molecule is Cc1ccc(Nc2ccc([N+](=O)[O-])c3ccc[n+]([O-])c23)cc1. The standard InChI is InChI=1S/C16H13N3O3/c1-11-4-6-12(7-5-11)17-14-8-9-15(19(21)22)13-3-2-10-18(20)16(13)14/h2-10,17H,1H3. The van der Waals surface area contributed by atoms with Crippen LogP contribution in [0.1, 0.15) is 5.56 Å². The largest absolute Gasteiger partial charge is 0.618 e. The number of non-ortho nitro benzene ring substituents is 1. The van der Waals surface area contributed by atoms with Crippen LogP contribution >= 0.6 is 0 Å². The molecule has 110 valence electrons. The number of aromatic nitrogens is 1. The molecule has 0 fully saturated rings. The third-order valence-electron chi connectivity index (χ3n) is 3.43. The molecule has 0 saturated heterocycles. The molecule has 1 heterocycles. The van der Waals surface area contributed by atoms with Crippen LogP contribution < -0.4 is 10.0 Å². The smallest absolute Gasteiger partial charge is 0.283 e. The van der Waals surface area contributed by atoms with Gasteiger partial charge in [0.2, 0.25) is 0 Å². The van der Waals surface area contributed by atoms with Crippen molar-refractivity contribution in [3.05, 3.63) is 75.6 Å². The van der Waals surface area contributed by atoms with E-state index < -0.39 is 4.92 Å². The van der Waals surface area contributed by atoms with Gasteiger partial charge in [0.05, 0.1) is 4.92 Å². The Bertz CT molecular complexity index is 860. The minimum absolute atomic E-state index is 0.0883. The minimum Gasteiger partial charge on any atom is -0.618 e. The van der Waals surface area contributed by atoms with Crippen molar-refractivity contribution in [3.63, 3.8) is 0 Å². The Balaban J connectivity index is 2.16. The zero-order valence-electron chi connectivity index (χ0n) is 11.8. The zero-order chi connectivity index (χ0) is 15.7. The van der Waals surface area contributed by atoms with Gasteiger partial charge in [-0.1, -0.05) is 17.7 Å². The second-order valence-corrected chi connectivity index (χ2v) is 4.98. The molecule has 0 amide bonds.